The molecule has 1 aromatic carbocycles. The highest BCUT2D eigenvalue weighted by molar-refractivity contribution is 5.84. The van der Waals surface area contributed by atoms with Crippen molar-refractivity contribution < 1.29 is 4.79 Å². The molecule has 3 nitrogen and oxygen atoms in total. The zero-order valence-corrected chi connectivity index (χ0v) is 13.3. The maximum absolute atomic E-state index is 12.5. The fourth-order valence-electron chi connectivity index (χ4n) is 3.02. The summed E-state index contributed by atoms with van der Waals surface area (Å²) < 4.78 is 0. The lowest BCUT2D eigenvalue weighted by atomic mass is 10.1. The maximum Gasteiger partial charge on any atom is 0.241 e. The van der Waals surface area contributed by atoms with Crippen molar-refractivity contribution >= 4 is 5.91 Å². The molecule has 0 radical (unpaired) electrons. The molecule has 1 fully saturated rings. The number of nitrogens with one attached hydrogen (secondary N) is 1. The molecule has 1 N–H and O–H groups in total. The minimum atomic E-state index is -0.00798. The van der Waals surface area contributed by atoms with E-state index in [-0.39, 0.29) is 18.1 Å². The molecule has 0 bridgehead atoms. The van der Waals surface area contributed by atoms with Gasteiger partial charge in [0.1, 0.15) is 0 Å². The van der Waals surface area contributed by atoms with E-state index in [0.29, 0.717) is 0 Å². The lowest BCUT2D eigenvalue weighted by molar-refractivity contribution is -0.130. The third kappa shape index (κ3) is 4.57. The van der Waals surface area contributed by atoms with Crippen molar-refractivity contribution in [1.82, 2.24) is 10.2 Å². The summed E-state index contributed by atoms with van der Waals surface area (Å²) in [5, 5.41) is 3.44. The van der Waals surface area contributed by atoms with Gasteiger partial charge in [0.15, 0.2) is 0 Å². The number of nitrogens with zero attached hydrogens (tertiary/aromatic N) is 1. The summed E-state index contributed by atoms with van der Waals surface area (Å²) in [7, 11) is 0. The molecule has 1 aliphatic heterocycles. The Labute approximate surface area is 128 Å². The highest BCUT2D eigenvalue weighted by atomic mass is 16.2. The van der Waals surface area contributed by atoms with Crippen LogP contribution in [0.5, 0.6) is 0 Å². The zero-order valence-electron chi connectivity index (χ0n) is 13.3. The highest BCUT2D eigenvalue weighted by Gasteiger charge is 2.35. The van der Waals surface area contributed by atoms with Gasteiger partial charge in [0.25, 0.3) is 0 Å². The first-order valence-corrected chi connectivity index (χ1v) is 8.33. The van der Waals surface area contributed by atoms with E-state index < -0.39 is 0 Å². The van der Waals surface area contributed by atoms with Crippen LogP contribution in [0.2, 0.25) is 0 Å². The molecule has 1 aliphatic rings. The molecular formula is C18H28N2O. The van der Waals surface area contributed by atoms with Crippen molar-refractivity contribution in [3.05, 3.63) is 35.9 Å². The monoisotopic (exact) mass is 288 g/mol. The average molecular weight is 288 g/mol. The van der Waals surface area contributed by atoms with Gasteiger partial charge in [-0.2, -0.15) is 0 Å². The third-order valence-electron chi connectivity index (χ3n) is 4.31. The Morgan fingerprint density at radius 2 is 1.90 bits per heavy atom. The maximum atomic E-state index is 12.5. The van der Waals surface area contributed by atoms with E-state index in [1.807, 2.05) is 11.0 Å². The second-order valence-electron chi connectivity index (χ2n) is 6.01. The molecule has 1 amide bonds. The van der Waals surface area contributed by atoms with E-state index in [9.17, 15) is 4.79 Å². The molecule has 21 heavy (non-hydrogen) atoms. The van der Waals surface area contributed by atoms with Gasteiger partial charge in [-0.1, -0.05) is 56.5 Å². The molecule has 116 valence electrons. The summed E-state index contributed by atoms with van der Waals surface area (Å²) in [6.07, 6.45) is 6.88. The summed E-state index contributed by atoms with van der Waals surface area (Å²) in [6.45, 7) is 5.21. The summed E-state index contributed by atoms with van der Waals surface area (Å²) in [5.74, 6) is 0.287. The summed E-state index contributed by atoms with van der Waals surface area (Å²) in [5.41, 5.74) is 1.31. The van der Waals surface area contributed by atoms with Gasteiger partial charge in [-0.3, -0.25) is 10.1 Å². The Hall–Kier alpha value is -1.35. The average Bonchev–Trinajstić information content (AvgIpc) is 2.77. The van der Waals surface area contributed by atoms with Crippen molar-refractivity contribution in [2.75, 3.05) is 6.54 Å². The van der Waals surface area contributed by atoms with Crippen molar-refractivity contribution in [2.24, 2.45) is 0 Å². The standard InChI is InChI=1S/C18H28N2O/c1-3-4-5-9-14-20-15(2)19-17(18(20)21)13-12-16-10-7-6-8-11-16/h6-8,10-11,15,17,19H,3-5,9,12-14H2,1-2H3. The van der Waals surface area contributed by atoms with Crippen molar-refractivity contribution in [1.29, 1.82) is 0 Å². The fraction of sp³-hybridized carbons (Fsp3) is 0.611. The molecule has 1 heterocycles. The Balaban J connectivity index is 1.79. The SMILES string of the molecule is CCCCCCN1C(=O)C(CCc2ccccc2)NC1C. The van der Waals surface area contributed by atoms with Gasteiger partial charge in [0.05, 0.1) is 12.2 Å². The summed E-state index contributed by atoms with van der Waals surface area (Å²) >= 11 is 0. The summed E-state index contributed by atoms with van der Waals surface area (Å²) in [6, 6.07) is 10.4. The van der Waals surface area contributed by atoms with Crippen molar-refractivity contribution in [3.63, 3.8) is 0 Å². The van der Waals surface area contributed by atoms with Gasteiger partial charge in [-0.15, -0.1) is 0 Å². The molecule has 0 aromatic heterocycles. The van der Waals surface area contributed by atoms with E-state index in [0.717, 1.165) is 25.8 Å². The molecule has 1 aromatic rings. The van der Waals surface area contributed by atoms with Crippen LogP contribution in [-0.2, 0) is 11.2 Å². The molecule has 2 rings (SSSR count). The first kappa shape index (κ1) is 16.0. The van der Waals surface area contributed by atoms with E-state index in [2.05, 4.69) is 43.4 Å². The second kappa shape index (κ2) is 8.18. The summed E-state index contributed by atoms with van der Waals surface area (Å²) in [4.78, 5) is 14.5. The minimum Gasteiger partial charge on any atom is -0.326 e. The Morgan fingerprint density at radius 3 is 2.62 bits per heavy atom. The van der Waals surface area contributed by atoms with Crippen LogP contribution in [0.3, 0.4) is 0 Å². The topological polar surface area (TPSA) is 32.3 Å². The van der Waals surface area contributed by atoms with Gasteiger partial charge in [-0.05, 0) is 31.7 Å². The van der Waals surface area contributed by atoms with E-state index in [1.165, 1.54) is 24.8 Å². The number of hydrogen-bond donors (Lipinski definition) is 1. The molecular weight excluding hydrogens is 260 g/mol. The number of carbonyl (C=O) groups excluding carboxylic acids is 1. The number of unbranched alkanes of at least 4 members (excludes halogenated alkanes) is 3. The fourth-order valence-corrected chi connectivity index (χ4v) is 3.02. The van der Waals surface area contributed by atoms with Gasteiger partial charge >= 0.3 is 0 Å². The van der Waals surface area contributed by atoms with Crippen molar-refractivity contribution in [2.45, 2.75) is 64.6 Å². The Kier molecular flexibility index (Phi) is 6.24. The molecule has 2 unspecified atom stereocenters. The molecule has 3 heteroatoms. The van der Waals surface area contributed by atoms with Crippen LogP contribution < -0.4 is 5.32 Å². The first-order valence-electron chi connectivity index (χ1n) is 8.33. The Morgan fingerprint density at radius 1 is 1.14 bits per heavy atom. The molecule has 0 spiro atoms. The van der Waals surface area contributed by atoms with Gasteiger partial charge in [0, 0.05) is 6.54 Å². The Bertz CT molecular complexity index is 432. The first-order chi connectivity index (χ1) is 10.2. The number of amides is 1. The van der Waals surface area contributed by atoms with E-state index in [4.69, 9.17) is 0 Å². The molecule has 0 aliphatic carbocycles. The van der Waals surface area contributed by atoms with Gasteiger partial charge < -0.3 is 4.90 Å². The third-order valence-corrected chi connectivity index (χ3v) is 4.31. The quantitative estimate of drug-likeness (QED) is 0.744. The molecule has 2 atom stereocenters. The van der Waals surface area contributed by atoms with Crippen LogP contribution in [0.4, 0.5) is 0 Å². The number of aryl methyl sites for hydroxylation is 1. The van der Waals surface area contributed by atoms with Crippen LogP contribution >= 0.6 is 0 Å². The van der Waals surface area contributed by atoms with E-state index in [1.54, 1.807) is 0 Å². The number of hydrogen-bond acceptors (Lipinski definition) is 2. The normalized spacial score (nSPS) is 22.0. The highest BCUT2D eigenvalue weighted by Crippen LogP contribution is 2.16. The van der Waals surface area contributed by atoms with Gasteiger partial charge in [0.2, 0.25) is 5.91 Å². The molecule has 0 saturated carbocycles. The number of rotatable bonds is 8. The predicted octanol–water partition coefficient (Wildman–Crippen LogP) is 3.35. The number of carbonyl (C=O) groups is 1. The smallest absolute Gasteiger partial charge is 0.241 e. The van der Waals surface area contributed by atoms with Crippen molar-refractivity contribution in [3.8, 4) is 0 Å². The van der Waals surface area contributed by atoms with Crippen LogP contribution in [0.1, 0.15) is 51.5 Å². The van der Waals surface area contributed by atoms with Crippen LogP contribution in [0.25, 0.3) is 0 Å². The van der Waals surface area contributed by atoms with Crippen LogP contribution in [0, 0.1) is 0 Å². The zero-order chi connectivity index (χ0) is 15.1. The van der Waals surface area contributed by atoms with E-state index >= 15 is 0 Å². The lowest BCUT2D eigenvalue weighted by Crippen LogP contribution is -2.35. The largest absolute Gasteiger partial charge is 0.326 e. The number of benzene rings is 1. The van der Waals surface area contributed by atoms with Crippen LogP contribution in [-0.4, -0.2) is 29.6 Å². The lowest BCUT2D eigenvalue weighted by Gasteiger charge is -2.20. The minimum absolute atomic E-state index is 0.00798. The predicted molar refractivity (Wildman–Crippen MR) is 87.0 cm³/mol. The second-order valence-corrected chi connectivity index (χ2v) is 6.01. The van der Waals surface area contributed by atoms with Gasteiger partial charge in [-0.25, -0.2) is 0 Å². The molecule has 1 saturated heterocycles. The van der Waals surface area contributed by atoms with Crippen LogP contribution in [0.15, 0.2) is 30.3 Å².